The molecule has 0 radical (unpaired) electrons. The number of morpholine rings is 1. The zero-order valence-corrected chi connectivity index (χ0v) is 15.1. The molecule has 0 bridgehead atoms. The zero-order chi connectivity index (χ0) is 17.8. The molecular weight excluding hydrogens is 322 g/mol. The number of fused-ring (bicyclic) bond motifs is 1. The molecule has 138 valence electrons. The van der Waals surface area contributed by atoms with Gasteiger partial charge in [0.2, 0.25) is 6.79 Å². The molecule has 0 saturated carbocycles. The standard InChI is InChI=1S/C18H27N3O4/c1-12(21-9-13(2)25-14(3)10-21)7-19-18(22)20-8-15-4-5-16-17(6-15)24-11-23-16/h4-6,12-14H,7-11H2,1-3H3,(H2,19,20,22)/t12-,13+,14+/m0/s1. The molecule has 0 unspecified atom stereocenters. The van der Waals surface area contributed by atoms with Crippen molar-refractivity contribution in [2.75, 3.05) is 26.4 Å². The SMILES string of the molecule is C[C@@H]1CN([C@@H](C)CNC(=O)NCc2ccc3c(c2)OCO3)C[C@@H](C)O1. The number of rotatable bonds is 5. The minimum Gasteiger partial charge on any atom is -0.454 e. The summed E-state index contributed by atoms with van der Waals surface area (Å²) in [4.78, 5) is 14.4. The van der Waals surface area contributed by atoms with E-state index in [-0.39, 0.29) is 31.1 Å². The highest BCUT2D eigenvalue weighted by atomic mass is 16.7. The van der Waals surface area contributed by atoms with E-state index < -0.39 is 0 Å². The zero-order valence-electron chi connectivity index (χ0n) is 15.1. The quantitative estimate of drug-likeness (QED) is 0.847. The molecule has 3 rings (SSSR count). The maximum Gasteiger partial charge on any atom is 0.315 e. The van der Waals surface area contributed by atoms with Crippen LogP contribution in [-0.4, -0.2) is 55.6 Å². The third-order valence-corrected chi connectivity index (χ3v) is 4.52. The fourth-order valence-corrected chi connectivity index (χ4v) is 3.24. The molecule has 2 amide bonds. The Balaban J connectivity index is 1.40. The van der Waals surface area contributed by atoms with Crippen molar-refractivity contribution in [3.8, 4) is 11.5 Å². The number of urea groups is 1. The Bertz CT molecular complexity index is 600. The van der Waals surface area contributed by atoms with Gasteiger partial charge in [-0.2, -0.15) is 0 Å². The van der Waals surface area contributed by atoms with Gasteiger partial charge >= 0.3 is 6.03 Å². The third kappa shape index (κ3) is 4.76. The molecule has 3 atom stereocenters. The van der Waals surface area contributed by atoms with Crippen molar-refractivity contribution in [2.45, 2.75) is 45.6 Å². The maximum atomic E-state index is 12.0. The van der Waals surface area contributed by atoms with Crippen molar-refractivity contribution < 1.29 is 19.0 Å². The molecule has 0 aliphatic carbocycles. The van der Waals surface area contributed by atoms with Crippen molar-refractivity contribution in [3.63, 3.8) is 0 Å². The summed E-state index contributed by atoms with van der Waals surface area (Å²) in [5.74, 6) is 1.47. The van der Waals surface area contributed by atoms with Crippen LogP contribution in [0.2, 0.25) is 0 Å². The first kappa shape index (κ1) is 17.8. The molecule has 7 heteroatoms. The first-order chi connectivity index (χ1) is 12.0. The Labute approximate surface area is 148 Å². The summed E-state index contributed by atoms with van der Waals surface area (Å²) in [6, 6.07) is 5.78. The van der Waals surface area contributed by atoms with Crippen molar-refractivity contribution in [1.29, 1.82) is 0 Å². The van der Waals surface area contributed by atoms with E-state index in [0.717, 1.165) is 30.2 Å². The first-order valence-electron chi connectivity index (χ1n) is 8.81. The summed E-state index contributed by atoms with van der Waals surface area (Å²) in [7, 11) is 0. The van der Waals surface area contributed by atoms with E-state index in [2.05, 4.69) is 36.3 Å². The number of nitrogens with zero attached hydrogens (tertiary/aromatic N) is 1. The van der Waals surface area contributed by atoms with Crippen molar-refractivity contribution >= 4 is 6.03 Å². The van der Waals surface area contributed by atoms with E-state index in [9.17, 15) is 4.79 Å². The van der Waals surface area contributed by atoms with Crippen LogP contribution in [0.15, 0.2) is 18.2 Å². The highest BCUT2D eigenvalue weighted by Crippen LogP contribution is 2.32. The number of ether oxygens (including phenoxy) is 3. The van der Waals surface area contributed by atoms with Crippen molar-refractivity contribution in [2.24, 2.45) is 0 Å². The van der Waals surface area contributed by atoms with Gasteiger partial charge in [0.15, 0.2) is 11.5 Å². The Kier molecular flexibility index (Phi) is 5.65. The number of hydrogen-bond donors (Lipinski definition) is 2. The van der Waals surface area contributed by atoms with E-state index in [1.165, 1.54) is 0 Å². The highest BCUT2D eigenvalue weighted by Gasteiger charge is 2.25. The Morgan fingerprint density at radius 2 is 1.92 bits per heavy atom. The van der Waals surface area contributed by atoms with Crippen LogP contribution in [0.4, 0.5) is 4.79 Å². The van der Waals surface area contributed by atoms with Crippen LogP contribution in [0, 0.1) is 0 Å². The van der Waals surface area contributed by atoms with Gasteiger partial charge in [-0.05, 0) is 38.5 Å². The van der Waals surface area contributed by atoms with Crippen LogP contribution in [0.3, 0.4) is 0 Å². The fourth-order valence-electron chi connectivity index (χ4n) is 3.24. The van der Waals surface area contributed by atoms with Gasteiger partial charge < -0.3 is 24.8 Å². The number of amides is 2. The van der Waals surface area contributed by atoms with Crippen LogP contribution in [0.5, 0.6) is 11.5 Å². The normalized spacial score (nSPS) is 24.0. The number of nitrogens with one attached hydrogen (secondary N) is 2. The molecule has 0 spiro atoms. The average molecular weight is 349 g/mol. The minimum atomic E-state index is -0.168. The summed E-state index contributed by atoms with van der Waals surface area (Å²) in [6.07, 6.45) is 0.456. The summed E-state index contributed by atoms with van der Waals surface area (Å²) in [6.45, 7) is 9.39. The van der Waals surface area contributed by atoms with Crippen LogP contribution in [0.25, 0.3) is 0 Å². The lowest BCUT2D eigenvalue weighted by Crippen LogP contribution is -2.52. The second kappa shape index (κ2) is 7.93. The lowest BCUT2D eigenvalue weighted by Gasteiger charge is -2.38. The number of carbonyl (C=O) groups excluding carboxylic acids is 1. The van der Waals surface area contributed by atoms with Gasteiger partial charge in [-0.3, -0.25) is 4.90 Å². The van der Waals surface area contributed by atoms with Crippen molar-refractivity contribution in [3.05, 3.63) is 23.8 Å². The fraction of sp³-hybridized carbons (Fsp3) is 0.611. The smallest absolute Gasteiger partial charge is 0.315 e. The Morgan fingerprint density at radius 3 is 2.68 bits per heavy atom. The van der Waals surface area contributed by atoms with E-state index in [0.29, 0.717) is 13.1 Å². The Hall–Kier alpha value is -1.99. The molecule has 1 saturated heterocycles. The molecule has 1 aromatic carbocycles. The molecule has 1 fully saturated rings. The monoisotopic (exact) mass is 349 g/mol. The first-order valence-corrected chi connectivity index (χ1v) is 8.81. The van der Waals surface area contributed by atoms with Gasteiger partial charge in [0.1, 0.15) is 0 Å². The molecule has 2 aliphatic rings. The summed E-state index contributed by atoms with van der Waals surface area (Å²) in [5.41, 5.74) is 0.975. The molecule has 2 N–H and O–H groups in total. The van der Waals surface area contributed by atoms with Gasteiger partial charge in [-0.1, -0.05) is 6.07 Å². The summed E-state index contributed by atoms with van der Waals surface area (Å²) < 4.78 is 16.4. The largest absolute Gasteiger partial charge is 0.454 e. The van der Waals surface area contributed by atoms with Gasteiger partial charge in [0.25, 0.3) is 0 Å². The predicted octanol–water partition coefficient (Wildman–Crippen LogP) is 1.71. The number of benzene rings is 1. The topological polar surface area (TPSA) is 72.1 Å². The second-order valence-corrected chi connectivity index (χ2v) is 6.81. The average Bonchev–Trinajstić information content (AvgIpc) is 3.04. The summed E-state index contributed by atoms with van der Waals surface area (Å²) in [5, 5.41) is 5.82. The third-order valence-electron chi connectivity index (χ3n) is 4.52. The van der Waals surface area contributed by atoms with E-state index in [1.807, 2.05) is 18.2 Å². The molecule has 1 aromatic rings. The maximum absolute atomic E-state index is 12.0. The van der Waals surface area contributed by atoms with Gasteiger partial charge in [0, 0.05) is 32.2 Å². The second-order valence-electron chi connectivity index (χ2n) is 6.81. The van der Waals surface area contributed by atoms with Gasteiger partial charge in [-0.15, -0.1) is 0 Å². The molecule has 2 aliphatic heterocycles. The van der Waals surface area contributed by atoms with Crippen molar-refractivity contribution in [1.82, 2.24) is 15.5 Å². The highest BCUT2D eigenvalue weighted by molar-refractivity contribution is 5.73. The molecular formula is C18H27N3O4. The molecule has 0 aromatic heterocycles. The predicted molar refractivity (Wildman–Crippen MR) is 93.8 cm³/mol. The van der Waals surface area contributed by atoms with Gasteiger partial charge in [0.05, 0.1) is 12.2 Å². The number of hydrogen-bond acceptors (Lipinski definition) is 5. The number of carbonyl (C=O) groups is 1. The molecule has 2 heterocycles. The lowest BCUT2D eigenvalue weighted by molar-refractivity contribution is -0.0778. The van der Waals surface area contributed by atoms with E-state index in [1.54, 1.807) is 0 Å². The lowest BCUT2D eigenvalue weighted by atomic mass is 10.2. The van der Waals surface area contributed by atoms with Crippen LogP contribution >= 0.6 is 0 Å². The van der Waals surface area contributed by atoms with Crippen LogP contribution in [0.1, 0.15) is 26.3 Å². The van der Waals surface area contributed by atoms with Crippen LogP contribution < -0.4 is 20.1 Å². The summed E-state index contributed by atoms with van der Waals surface area (Å²) >= 11 is 0. The minimum absolute atomic E-state index is 0.168. The molecule has 7 nitrogen and oxygen atoms in total. The van der Waals surface area contributed by atoms with Crippen LogP contribution in [-0.2, 0) is 11.3 Å². The van der Waals surface area contributed by atoms with E-state index >= 15 is 0 Å². The van der Waals surface area contributed by atoms with E-state index in [4.69, 9.17) is 14.2 Å². The van der Waals surface area contributed by atoms with Gasteiger partial charge in [-0.25, -0.2) is 4.79 Å². The molecule has 25 heavy (non-hydrogen) atoms. The Morgan fingerprint density at radius 1 is 1.20 bits per heavy atom.